The van der Waals surface area contributed by atoms with E-state index in [2.05, 4.69) is 79.3 Å². The van der Waals surface area contributed by atoms with E-state index < -0.39 is 31.4 Å². The van der Waals surface area contributed by atoms with Crippen molar-refractivity contribution in [3.8, 4) is 22.6 Å². The largest absolute Gasteiger partial charge is 0.455 e. The molecule has 63 heavy (non-hydrogen) atoms. The number of carbonyl (C=O) groups excluding carboxylic acids is 1. The first-order valence-corrected chi connectivity index (χ1v) is 22.8. The number of aromatic amines is 1. The molecule has 0 aliphatic carbocycles. The maximum Gasteiger partial charge on any atom is 0.293 e. The van der Waals surface area contributed by atoms with E-state index >= 15 is 0 Å². The van der Waals surface area contributed by atoms with Gasteiger partial charge in [0, 0.05) is 62.7 Å². The van der Waals surface area contributed by atoms with E-state index in [4.69, 9.17) is 9.47 Å². The monoisotopic (exact) mass is 867 g/mol. The Balaban J connectivity index is 0.977. The van der Waals surface area contributed by atoms with Crippen LogP contribution in [0.4, 0.5) is 17.1 Å². The third-order valence-corrected chi connectivity index (χ3v) is 13.6. The number of rotatable bonds is 13. The number of aromatic nitrogens is 2. The molecular weight excluding hydrogens is 819 g/mol. The number of H-pyrrole nitrogens is 1. The molecule has 6 aromatic rings. The van der Waals surface area contributed by atoms with Crippen LogP contribution in [0, 0.1) is 16.0 Å². The number of fused-ring (bicyclic) bond motifs is 1. The molecule has 2 saturated heterocycles. The summed E-state index contributed by atoms with van der Waals surface area (Å²) in [5, 5.41) is 16.0. The molecule has 15 heteroatoms. The molecule has 1 amide bonds. The molecule has 1 atom stereocenters. The van der Waals surface area contributed by atoms with Crippen molar-refractivity contribution in [2.24, 2.45) is 5.92 Å². The van der Waals surface area contributed by atoms with Gasteiger partial charge in [0.05, 0.1) is 27.6 Å². The number of hydrogen-bond acceptors (Lipinski definition) is 11. The van der Waals surface area contributed by atoms with Crippen LogP contribution in [0.5, 0.6) is 11.5 Å². The van der Waals surface area contributed by atoms with Crippen LogP contribution in [0.1, 0.15) is 59.6 Å². The lowest BCUT2D eigenvalue weighted by Gasteiger charge is -2.30. The molecule has 324 valence electrons. The van der Waals surface area contributed by atoms with Gasteiger partial charge in [-0.3, -0.25) is 14.9 Å². The predicted molar refractivity (Wildman–Crippen MR) is 244 cm³/mol. The number of likely N-dealkylation sites (N-methyl/N-ethyl adjacent to an activating group) is 1. The number of hydrogen-bond donors (Lipinski definition) is 3. The molecule has 2 aromatic heterocycles. The van der Waals surface area contributed by atoms with Crippen molar-refractivity contribution in [1.29, 1.82) is 0 Å². The first-order chi connectivity index (χ1) is 30.6. The number of ether oxygens (including phenoxy) is 2. The molecule has 4 aromatic carbocycles. The van der Waals surface area contributed by atoms with E-state index in [1.54, 1.807) is 24.4 Å². The topological polar surface area (TPSA) is 172 Å². The fourth-order valence-corrected chi connectivity index (χ4v) is 9.82. The number of pyridine rings is 1. The Bertz CT molecular complexity index is 2800. The smallest absolute Gasteiger partial charge is 0.293 e. The number of amides is 1. The molecule has 0 bridgehead atoms. The van der Waals surface area contributed by atoms with Crippen molar-refractivity contribution in [1.82, 2.24) is 19.6 Å². The Morgan fingerprint density at radius 2 is 1.78 bits per heavy atom. The highest BCUT2D eigenvalue weighted by Crippen LogP contribution is 2.41. The van der Waals surface area contributed by atoms with E-state index in [0.717, 1.165) is 80.0 Å². The number of nitro groups is 1. The molecule has 0 saturated carbocycles. The van der Waals surface area contributed by atoms with Gasteiger partial charge in [-0.25, -0.2) is 18.1 Å². The number of anilines is 2. The van der Waals surface area contributed by atoms with Crippen molar-refractivity contribution in [2.75, 3.05) is 56.7 Å². The average Bonchev–Trinajstić information content (AvgIpc) is 3.99. The second-order valence-corrected chi connectivity index (χ2v) is 18.1. The summed E-state index contributed by atoms with van der Waals surface area (Å²) < 4.78 is 41.2. The van der Waals surface area contributed by atoms with Gasteiger partial charge >= 0.3 is 0 Å². The first-order valence-electron chi connectivity index (χ1n) is 21.4. The summed E-state index contributed by atoms with van der Waals surface area (Å²) in [6, 6.07) is 29.5. The van der Waals surface area contributed by atoms with Crippen molar-refractivity contribution in [3.05, 3.63) is 142 Å². The standard InChI is InChI=1S/C48H49N7O7S/c1-53-23-17-34(18-24-53)40-5-2-3-6-41(40)44-7-4-22-54(44)37-11-8-33(9-12-37)35-10-14-42(46(28-35)62-38-27-36-16-21-49-47(36)51-31-38)48(56)52-63(59,60)39-13-15-43(45(29-39)55(57)58)50-30-32-19-25-61-26-20-32/h2-3,5-6,8-17,21,27-29,31-32,44,50H,4,7,18-20,22-26,30H2,1H3,(H,49,51)(H,52,56). The Labute approximate surface area is 366 Å². The Morgan fingerprint density at radius 1 is 0.968 bits per heavy atom. The SMILES string of the molecule is CN1CC=C(c2ccccc2C2CCCN2c2ccc(-c3ccc(C(=O)NS(=O)(=O)c4ccc(NCC5CCOCC5)c([N+](=O)[O-])c4)c(Oc4cnc5[nH]ccc5c4)c3)cc2)CC1. The molecule has 2 fully saturated rings. The van der Waals surface area contributed by atoms with Gasteiger partial charge < -0.3 is 29.6 Å². The highest BCUT2D eigenvalue weighted by molar-refractivity contribution is 7.90. The van der Waals surface area contributed by atoms with Gasteiger partial charge in [-0.2, -0.15) is 0 Å². The molecule has 9 rings (SSSR count). The number of sulfonamides is 1. The van der Waals surface area contributed by atoms with E-state index in [1.807, 2.05) is 18.2 Å². The number of benzene rings is 4. The third-order valence-electron chi connectivity index (χ3n) is 12.3. The van der Waals surface area contributed by atoms with Crippen molar-refractivity contribution in [2.45, 2.75) is 43.0 Å². The number of nitro benzene ring substituents is 1. The van der Waals surface area contributed by atoms with Crippen LogP contribution in [-0.2, 0) is 14.8 Å². The molecular formula is C48H49N7O7S. The van der Waals surface area contributed by atoms with Gasteiger partial charge in [0.25, 0.3) is 21.6 Å². The van der Waals surface area contributed by atoms with Gasteiger partial charge in [0.15, 0.2) is 0 Å². The molecule has 5 heterocycles. The summed E-state index contributed by atoms with van der Waals surface area (Å²) in [5.41, 5.74) is 7.19. The Hall–Kier alpha value is -6.55. The van der Waals surface area contributed by atoms with Crippen molar-refractivity contribution >= 4 is 49.6 Å². The van der Waals surface area contributed by atoms with E-state index in [-0.39, 0.29) is 29.0 Å². The first kappa shape index (κ1) is 41.8. The lowest BCUT2D eigenvalue weighted by atomic mass is 9.90. The molecule has 1 unspecified atom stereocenters. The summed E-state index contributed by atoms with van der Waals surface area (Å²) in [6.07, 6.45) is 10.5. The third kappa shape index (κ3) is 9.17. The fourth-order valence-electron chi connectivity index (χ4n) is 8.84. The summed E-state index contributed by atoms with van der Waals surface area (Å²) in [7, 11) is -2.41. The van der Waals surface area contributed by atoms with Gasteiger partial charge in [-0.1, -0.05) is 48.5 Å². The molecule has 3 aliphatic heterocycles. The zero-order valence-corrected chi connectivity index (χ0v) is 35.8. The van der Waals surface area contributed by atoms with Crippen LogP contribution >= 0.6 is 0 Å². The van der Waals surface area contributed by atoms with Gasteiger partial charge in [-0.15, -0.1) is 0 Å². The summed E-state index contributed by atoms with van der Waals surface area (Å²) >= 11 is 0. The van der Waals surface area contributed by atoms with Gasteiger partial charge in [0.1, 0.15) is 22.8 Å². The maximum absolute atomic E-state index is 13.9. The van der Waals surface area contributed by atoms with E-state index in [0.29, 0.717) is 31.2 Å². The number of nitrogens with zero attached hydrogens (tertiary/aromatic N) is 4. The van der Waals surface area contributed by atoms with Crippen LogP contribution < -0.4 is 19.7 Å². The molecule has 0 spiro atoms. The van der Waals surface area contributed by atoms with Crippen LogP contribution in [0.2, 0.25) is 0 Å². The average molecular weight is 868 g/mol. The number of nitrogens with one attached hydrogen (secondary N) is 3. The Morgan fingerprint density at radius 3 is 2.57 bits per heavy atom. The van der Waals surface area contributed by atoms with Crippen molar-refractivity contribution in [3.63, 3.8) is 0 Å². The quantitative estimate of drug-likeness (QED) is 0.0748. The van der Waals surface area contributed by atoms with Crippen molar-refractivity contribution < 1.29 is 27.6 Å². The highest BCUT2D eigenvalue weighted by Gasteiger charge is 2.30. The second-order valence-electron chi connectivity index (χ2n) is 16.4. The summed E-state index contributed by atoms with van der Waals surface area (Å²) in [6.45, 7) is 4.67. The molecule has 3 aliphatic rings. The fraction of sp³-hybridized carbons (Fsp3) is 0.292. The lowest BCUT2D eigenvalue weighted by molar-refractivity contribution is -0.384. The van der Waals surface area contributed by atoms with Crippen LogP contribution in [0.15, 0.2) is 120 Å². The second kappa shape index (κ2) is 18.0. The molecule has 14 nitrogen and oxygen atoms in total. The lowest BCUT2D eigenvalue weighted by Crippen LogP contribution is -2.31. The predicted octanol–water partition coefficient (Wildman–Crippen LogP) is 8.95. The van der Waals surface area contributed by atoms with Crippen LogP contribution in [0.3, 0.4) is 0 Å². The maximum atomic E-state index is 13.9. The summed E-state index contributed by atoms with van der Waals surface area (Å²) in [5.74, 6) is -0.267. The minimum absolute atomic E-state index is 0.0596. The normalized spacial score (nSPS) is 17.4. The van der Waals surface area contributed by atoms with Gasteiger partial charge in [-0.05, 0) is 121 Å². The van der Waals surface area contributed by atoms with Gasteiger partial charge in [0.2, 0.25) is 0 Å². The van der Waals surface area contributed by atoms with Crippen LogP contribution in [0.25, 0.3) is 27.7 Å². The zero-order valence-electron chi connectivity index (χ0n) is 35.0. The zero-order chi connectivity index (χ0) is 43.5. The van der Waals surface area contributed by atoms with E-state index in [1.165, 1.54) is 41.1 Å². The number of carbonyl (C=O) groups is 1. The highest BCUT2D eigenvalue weighted by atomic mass is 32.2. The minimum atomic E-state index is -4.57. The molecule has 0 radical (unpaired) electrons. The molecule has 3 N–H and O–H groups in total. The minimum Gasteiger partial charge on any atom is -0.455 e. The van der Waals surface area contributed by atoms with E-state index in [9.17, 15) is 23.3 Å². The van der Waals surface area contributed by atoms with Crippen LogP contribution in [-0.4, -0.2) is 80.6 Å². The Kier molecular flexibility index (Phi) is 12.0. The summed E-state index contributed by atoms with van der Waals surface area (Å²) in [4.78, 5) is 37.3.